The zero-order chi connectivity index (χ0) is 17.2. The maximum atomic E-state index is 11.5. The molecular formula is C11H18O9P2-2. The van der Waals surface area contributed by atoms with E-state index in [4.69, 9.17) is 0 Å². The molecule has 0 aromatic heterocycles. The number of carbonyl (C=O) groups excluding carboxylic acids is 1. The molecule has 0 saturated heterocycles. The average Bonchev–Trinajstić information content (AvgIpc) is 2.37. The largest absolute Gasteiger partial charge is 0.691 e. The third-order valence-electron chi connectivity index (χ3n) is 2.55. The minimum absolute atomic E-state index is 0.00144. The molecule has 0 bridgehead atoms. The van der Waals surface area contributed by atoms with Gasteiger partial charge in [0, 0.05) is 12.4 Å². The van der Waals surface area contributed by atoms with Crippen LogP contribution in [0, 0.1) is 5.92 Å². The number of aliphatic carboxylic acids is 1. The van der Waals surface area contributed by atoms with Gasteiger partial charge in [-0.15, -0.1) is 4.67 Å². The lowest BCUT2D eigenvalue weighted by Crippen LogP contribution is -2.22. The predicted octanol–water partition coefficient (Wildman–Crippen LogP) is 0.330. The molecule has 0 rings (SSSR count). The van der Waals surface area contributed by atoms with Gasteiger partial charge in [-0.1, -0.05) is 30.1 Å². The van der Waals surface area contributed by atoms with Crippen LogP contribution in [0.5, 0.6) is 0 Å². The summed E-state index contributed by atoms with van der Waals surface area (Å²) in [6.45, 7) is 3.61. The molecule has 9 nitrogen and oxygen atoms in total. The van der Waals surface area contributed by atoms with Crippen molar-refractivity contribution in [2.45, 2.75) is 39.5 Å². The molecule has 0 amide bonds. The van der Waals surface area contributed by atoms with Crippen molar-refractivity contribution in [3.63, 3.8) is 0 Å². The highest BCUT2D eigenvalue weighted by molar-refractivity contribution is 8.20. The molecule has 22 heavy (non-hydrogen) atoms. The molecule has 0 spiro atoms. The van der Waals surface area contributed by atoms with Crippen molar-refractivity contribution in [1.29, 1.82) is 0 Å². The Labute approximate surface area is 129 Å². The minimum atomic E-state index is -4.69. The molecule has 128 valence electrons. The van der Waals surface area contributed by atoms with Crippen LogP contribution in [0.15, 0.2) is 11.6 Å². The lowest BCUT2D eigenvalue weighted by Gasteiger charge is -2.13. The Balaban J connectivity index is 4.58. The van der Waals surface area contributed by atoms with E-state index >= 15 is 0 Å². The maximum absolute atomic E-state index is 11.5. The molecule has 0 aromatic rings. The highest BCUT2D eigenvalue weighted by Crippen LogP contribution is 2.66. The van der Waals surface area contributed by atoms with Gasteiger partial charge in [-0.3, -0.25) is 9.56 Å². The van der Waals surface area contributed by atoms with E-state index in [0.717, 1.165) is 6.42 Å². The van der Waals surface area contributed by atoms with Crippen molar-refractivity contribution in [3.05, 3.63) is 11.6 Å². The molecule has 0 fully saturated rings. The van der Waals surface area contributed by atoms with Crippen molar-refractivity contribution >= 4 is 21.0 Å². The topological polar surface area (TPSA) is 148 Å². The fourth-order valence-electron chi connectivity index (χ4n) is 1.50. The monoisotopic (exact) mass is 356 g/mol. The summed E-state index contributed by atoms with van der Waals surface area (Å²) in [6, 6.07) is 0. The number of rotatable bonds is 12. The molecule has 11 heteroatoms. The summed E-state index contributed by atoms with van der Waals surface area (Å²) in [5.74, 6) is -0.864. The third kappa shape index (κ3) is 9.38. The molecule has 0 heterocycles. The SMILES string of the molecule is CC(C)CC/C=C(/CCOP(=O)(OO[O-])[P+](=O)[O-])CC(=O)[O-]. The van der Waals surface area contributed by atoms with Crippen molar-refractivity contribution in [2.75, 3.05) is 6.61 Å². The number of hydrogen-bond donors (Lipinski definition) is 0. The summed E-state index contributed by atoms with van der Waals surface area (Å²) in [5.41, 5.74) is 0.441. The van der Waals surface area contributed by atoms with Crippen LogP contribution in [-0.4, -0.2) is 12.6 Å². The smallest absolute Gasteiger partial charge is 0.593 e. The van der Waals surface area contributed by atoms with Gasteiger partial charge in [0.2, 0.25) is 0 Å². The highest BCUT2D eigenvalue weighted by Gasteiger charge is 2.42. The summed E-state index contributed by atoms with van der Waals surface area (Å²) in [6.07, 6.45) is 2.81. The molecule has 0 N–H and O–H groups in total. The summed E-state index contributed by atoms with van der Waals surface area (Å²) in [5, 5.41) is 23.2. The van der Waals surface area contributed by atoms with E-state index in [2.05, 4.69) is 14.2 Å². The predicted molar refractivity (Wildman–Crippen MR) is 69.7 cm³/mol. The van der Waals surface area contributed by atoms with Crippen LogP contribution in [0.3, 0.4) is 0 Å². The molecule has 0 saturated carbocycles. The van der Waals surface area contributed by atoms with E-state index in [9.17, 15) is 29.2 Å². The second-order valence-electron chi connectivity index (χ2n) is 4.81. The van der Waals surface area contributed by atoms with E-state index < -0.39 is 27.6 Å². The Hall–Kier alpha value is -0.660. The van der Waals surface area contributed by atoms with Gasteiger partial charge in [-0.25, -0.2) is 4.57 Å². The molecule has 2 atom stereocenters. The Kier molecular flexibility index (Phi) is 10.6. The van der Waals surface area contributed by atoms with E-state index in [1.54, 1.807) is 6.08 Å². The van der Waals surface area contributed by atoms with Gasteiger partial charge >= 0.3 is 15.0 Å². The van der Waals surface area contributed by atoms with Gasteiger partial charge in [0.15, 0.2) is 0 Å². The van der Waals surface area contributed by atoms with Crippen LogP contribution >= 0.6 is 15.0 Å². The first kappa shape index (κ1) is 21.3. The van der Waals surface area contributed by atoms with Crippen LogP contribution in [0.4, 0.5) is 0 Å². The first-order valence-electron chi connectivity index (χ1n) is 6.46. The van der Waals surface area contributed by atoms with Crippen molar-refractivity contribution < 1.29 is 43.4 Å². The van der Waals surface area contributed by atoms with Crippen molar-refractivity contribution in [1.82, 2.24) is 0 Å². The van der Waals surface area contributed by atoms with Gasteiger partial charge in [-0.2, -0.15) is 0 Å². The molecule has 0 aliphatic heterocycles. The average molecular weight is 356 g/mol. The minimum Gasteiger partial charge on any atom is -0.691 e. The number of carbonyl (C=O) groups is 1. The van der Waals surface area contributed by atoms with E-state index in [0.29, 0.717) is 17.9 Å². The normalized spacial score (nSPS) is 15.7. The molecular weight excluding hydrogens is 338 g/mol. The van der Waals surface area contributed by atoms with Gasteiger partial charge in [-0.05, 0) is 25.2 Å². The third-order valence-corrected chi connectivity index (χ3v) is 5.46. The maximum Gasteiger partial charge on any atom is 0.593 e. The zero-order valence-electron chi connectivity index (χ0n) is 12.3. The molecule has 0 aliphatic carbocycles. The van der Waals surface area contributed by atoms with Crippen molar-refractivity contribution in [3.8, 4) is 0 Å². The number of allylic oxidation sites excluding steroid dienone is 1. The van der Waals surface area contributed by atoms with Gasteiger partial charge in [0.1, 0.15) is 0 Å². The van der Waals surface area contributed by atoms with Gasteiger partial charge in [0.25, 0.3) is 0 Å². The fourth-order valence-corrected chi connectivity index (χ4v) is 2.86. The van der Waals surface area contributed by atoms with Gasteiger partial charge in [0.05, 0.1) is 6.61 Å². The van der Waals surface area contributed by atoms with E-state index in [1.807, 2.05) is 13.8 Å². The van der Waals surface area contributed by atoms with Crippen LogP contribution in [-0.2, 0) is 28.2 Å². The second kappa shape index (κ2) is 11.0. The lowest BCUT2D eigenvalue weighted by molar-refractivity contribution is -0.780. The Morgan fingerprint density at radius 1 is 1.41 bits per heavy atom. The molecule has 0 aromatic carbocycles. The number of hydrogen-bond acceptors (Lipinski definition) is 9. The molecule has 0 radical (unpaired) electrons. The summed E-state index contributed by atoms with van der Waals surface area (Å²) in [4.78, 5) is 21.3. The Bertz CT molecular complexity index is 447. The lowest BCUT2D eigenvalue weighted by atomic mass is 10.0. The quantitative estimate of drug-likeness (QED) is 0.209. The number of carboxylic acid groups (broad SMARTS) is 1. The second-order valence-corrected chi connectivity index (χ2v) is 9.08. The van der Waals surface area contributed by atoms with E-state index in [-0.39, 0.29) is 12.8 Å². The van der Waals surface area contributed by atoms with E-state index in [1.165, 1.54) is 0 Å². The van der Waals surface area contributed by atoms with Crippen LogP contribution < -0.4 is 15.3 Å². The zero-order valence-corrected chi connectivity index (χ0v) is 14.0. The summed E-state index contributed by atoms with van der Waals surface area (Å²) >= 11 is 0. The highest BCUT2D eigenvalue weighted by atomic mass is 32.1. The van der Waals surface area contributed by atoms with Crippen LogP contribution in [0.2, 0.25) is 0 Å². The summed E-state index contributed by atoms with van der Waals surface area (Å²) < 4.78 is 30.3. The first-order chi connectivity index (χ1) is 10.2. The first-order valence-corrected chi connectivity index (χ1v) is 9.89. The molecule has 2 unspecified atom stereocenters. The summed E-state index contributed by atoms with van der Waals surface area (Å²) in [7, 11) is -8.38. The molecule has 0 aliphatic rings. The Morgan fingerprint density at radius 2 is 2.05 bits per heavy atom. The standard InChI is InChI=1S/C11H20O9P2/c1-9(2)4-3-5-10(8-11(12)13)6-7-18-22(17,20-19-14)21(15)16/h5,9,14H,3-4,6-8H2,1-2H3,(H,12,13)/p-2/b10-5-. The van der Waals surface area contributed by atoms with Crippen LogP contribution in [0.1, 0.15) is 39.5 Å². The van der Waals surface area contributed by atoms with Crippen LogP contribution in [0.25, 0.3) is 0 Å². The number of carboxylic acids is 1. The fraction of sp³-hybridized carbons (Fsp3) is 0.727. The Morgan fingerprint density at radius 3 is 2.50 bits per heavy atom. The van der Waals surface area contributed by atoms with Gasteiger partial charge < -0.3 is 20.1 Å². The van der Waals surface area contributed by atoms with Crippen molar-refractivity contribution in [2.24, 2.45) is 5.92 Å².